The Morgan fingerprint density at radius 1 is 1.39 bits per heavy atom. The second-order valence-electron chi connectivity index (χ2n) is 5.57. The van der Waals surface area contributed by atoms with Gasteiger partial charge in [-0.3, -0.25) is 9.69 Å². The average Bonchev–Trinajstić information content (AvgIpc) is 3.00. The van der Waals surface area contributed by atoms with E-state index in [1.54, 1.807) is 0 Å². The van der Waals surface area contributed by atoms with Gasteiger partial charge in [0.2, 0.25) is 5.91 Å². The Bertz CT molecular complexity index is 475. The number of hydrogen-bond acceptors (Lipinski definition) is 4. The fourth-order valence-corrected chi connectivity index (χ4v) is 4.58. The molecule has 2 bridgehead atoms. The SMILES string of the molecule is O=C1N[C@H]2C[C@@H]1N(Cc1nc3c(s1)CCCC3)C2. The first-order chi connectivity index (χ1) is 8.79. The number of fused-ring (bicyclic) bond motifs is 3. The Labute approximate surface area is 110 Å². The number of rotatable bonds is 2. The Hall–Kier alpha value is -0.940. The minimum Gasteiger partial charge on any atom is -0.351 e. The van der Waals surface area contributed by atoms with Crippen LogP contribution in [-0.2, 0) is 24.2 Å². The number of thiazole rings is 1. The van der Waals surface area contributed by atoms with Gasteiger partial charge in [-0.2, -0.15) is 0 Å². The van der Waals surface area contributed by atoms with Gasteiger partial charge in [0.25, 0.3) is 0 Å². The highest BCUT2D eigenvalue weighted by molar-refractivity contribution is 7.11. The molecule has 2 fully saturated rings. The topological polar surface area (TPSA) is 45.2 Å². The number of hydrogen-bond donors (Lipinski definition) is 1. The van der Waals surface area contributed by atoms with Gasteiger partial charge >= 0.3 is 0 Å². The molecule has 0 spiro atoms. The summed E-state index contributed by atoms with van der Waals surface area (Å²) in [5.41, 5.74) is 1.33. The zero-order valence-electron chi connectivity index (χ0n) is 10.3. The smallest absolute Gasteiger partial charge is 0.237 e. The fourth-order valence-electron chi connectivity index (χ4n) is 3.40. The van der Waals surface area contributed by atoms with Gasteiger partial charge in [0.15, 0.2) is 0 Å². The van der Waals surface area contributed by atoms with Crippen LogP contribution in [0.15, 0.2) is 0 Å². The van der Waals surface area contributed by atoms with Crippen LogP contribution in [0.4, 0.5) is 0 Å². The first-order valence-electron chi connectivity index (χ1n) is 6.81. The number of aromatic nitrogens is 1. The molecule has 3 heterocycles. The van der Waals surface area contributed by atoms with Crippen molar-refractivity contribution >= 4 is 17.2 Å². The van der Waals surface area contributed by atoms with Crippen LogP contribution >= 0.6 is 11.3 Å². The van der Waals surface area contributed by atoms with E-state index in [1.165, 1.54) is 34.8 Å². The quantitative estimate of drug-likeness (QED) is 0.869. The molecule has 0 unspecified atom stereocenters. The summed E-state index contributed by atoms with van der Waals surface area (Å²) in [7, 11) is 0. The first kappa shape index (κ1) is 10.9. The summed E-state index contributed by atoms with van der Waals surface area (Å²) in [6.07, 6.45) is 5.94. The number of aryl methyl sites for hydroxylation is 2. The summed E-state index contributed by atoms with van der Waals surface area (Å²) in [6.45, 7) is 1.87. The third kappa shape index (κ3) is 1.68. The molecule has 4 rings (SSSR count). The Morgan fingerprint density at radius 3 is 3.06 bits per heavy atom. The maximum absolute atomic E-state index is 11.7. The van der Waals surface area contributed by atoms with Crippen molar-refractivity contribution < 1.29 is 4.79 Å². The minimum absolute atomic E-state index is 0.107. The van der Waals surface area contributed by atoms with Gasteiger partial charge in [-0.25, -0.2) is 4.98 Å². The van der Waals surface area contributed by atoms with Gasteiger partial charge in [-0.15, -0.1) is 11.3 Å². The second-order valence-corrected chi connectivity index (χ2v) is 6.74. The summed E-state index contributed by atoms with van der Waals surface area (Å²) in [5, 5.41) is 4.23. The first-order valence-corrected chi connectivity index (χ1v) is 7.63. The van der Waals surface area contributed by atoms with Crippen molar-refractivity contribution in [3.05, 3.63) is 15.6 Å². The number of piperazine rings is 1. The molecule has 2 aliphatic heterocycles. The molecule has 0 radical (unpaired) electrons. The lowest BCUT2D eigenvalue weighted by atomic mass is 10.0. The average molecular weight is 263 g/mol. The molecular formula is C13H17N3OS. The molecule has 2 saturated heterocycles. The lowest BCUT2D eigenvalue weighted by Gasteiger charge is -2.25. The van der Waals surface area contributed by atoms with Crippen molar-refractivity contribution in [2.24, 2.45) is 0 Å². The second kappa shape index (κ2) is 4.03. The minimum atomic E-state index is 0.107. The highest BCUT2D eigenvalue weighted by Gasteiger charge is 2.44. The number of nitrogens with one attached hydrogen (secondary N) is 1. The zero-order chi connectivity index (χ0) is 12.1. The summed E-state index contributed by atoms with van der Waals surface area (Å²) in [4.78, 5) is 20.2. The van der Waals surface area contributed by atoms with Crippen molar-refractivity contribution in [1.29, 1.82) is 0 Å². The summed E-state index contributed by atoms with van der Waals surface area (Å²) in [6, 6.07) is 0.494. The zero-order valence-corrected chi connectivity index (χ0v) is 11.1. The van der Waals surface area contributed by atoms with Crippen LogP contribution in [0, 0.1) is 0 Å². The number of likely N-dealkylation sites (tertiary alicyclic amines) is 1. The van der Waals surface area contributed by atoms with Gasteiger partial charge in [0, 0.05) is 17.5 Å². The van der Waals surface area contributed by atoms with E-state index in [9.17, 15) is 4.79 Å². The van der Waals surface area contributed by atoms with Crippen LogP contribution in [0.5, 0.6) is 0 Å². The van der Waals surface area contributed by atoms with E-state index >= 15 is 0 Å². The molecule has 1 aromatic heterocycles. The van der Waals surface area contributed by atoms with Gasteiger partial charge in [-0.1, -0.05) is 0 Å². The highest BCUT2D eigenvalue weighted by atomic mass is 32.1. The molecule has 1 aliphatic carbocycles. The highest BCUT2D eigenvalue weighted by Crippen LogP contribution is 2.30. The van der Waals surface area contributed by atoms with E-state index in [0.717, 1.165) is 25.9 Å². The van der Waals surface area contributed by atoms with E-state index in [0.29, 0.717) is 6.04 Å². The normalized spacial score (nSPS) is 30.6. The third-order valence-electron chi connectivity index (χ3n) is 4.28. The van der Waals surface area contributed by atoms with Crippen LogP contribution in [0.3, 0.4) is 0 Å². The van der Waals surface area contributed by atoms with Crippen molar-refractivity contribution in [2.45, 2.75) is 50.7 Å². The van der Waals surface area contributed by atoms with Crippen molar-refractivity contribution in [3.63, 3.8) is 0 Å². The van der Waals surface area contributed by atoms with Gasteiger partial charge in [-0.05, 0) is 32.1 Å². The molecule has 0 saturated carbocycles. The molecule has 1 amide bonds. The monoisotopic (exact) mass is 263 g/mol. The summed E-state index contributed by atoms with van der Waals surface area (Å²) in [5.74, 6) is 0.215. The number of carbonyl (C=O) groups is 1. The molecule has 4 nitrogen and oxygen atoms in total. The number of carbonyl (C=O) groups excluding carboxylic acids is 1. The van der Waals surface area contributed by atoms with Crippen LogP contribution in [0.2, 0.25) is 0 Å². The summed E-state index contributed by atoms with van der Waals surface area (Å²) < 4.78 is 0. The van der Waals surface area contributed by atoms with E-state index in [2.05, 4.69) is 10.2 Å². The van der Waals surface area contributed by atoms with Gasteiger partial charge < -0.3 is 5.32 Å². The lowest BCUT2D eigenvalue weighted by molar-refractivity contribution is -0.125. The predicted octanol–water partition coefficient (Wildman–Crippen LogP) is 1.09. The van der Waals surface area contributed by atoms with Crippen LogP contribution in [0.1, 0.15) is 34.8 Å². The molecule has 18 heavy (non-hydrogen) atoms. The van der Waals surface area contributed by atoms with Crippen LogP contribution in [-0.4, -0.2) is 34.4 Å². The molecule has 96 valence electrons. The molecule has 1 aromatic rings. The van der Waals surface area contributed by atoms with Crippen molar-refractivity contribution in [3.8, 4) is 0 Å². The molecule has 2 atom stereocenters. The Morgan fingerprint density at radius 2 is 2.28 bits per heavy atom. The fraction of sp³-hybridized carbons (Fsp3) is 0.692. The molecular weight excluding hydrogens is 246 g/mol. The summed E-state index contributed by atoms with van der Waals surface area (Å²) >= 11 is 1.87. The lowest BCUT2D eigenvalue weighted by Crippen LogP contribution is -2.47. The molecule has 0 aromatic carbocycles. The molecule has 3 aliphatic rings. The maximum Gasteiger partial charge on any atom is 0.237 e. The number of amides is 1. The number of nitrogens with zero attached hydrogens (tertiary/aromatic N) is 2. The molecule has 5 heteroatoms. The standard InChI is InChI=1S/C13H17N3OS/c17-13-10-5-8(14-13)6-16(10)7-12-15-9-3-1-2-4-11(9)18-12/h8,10H,1-7H2,(H,14,17)/t8-,10-/m0/s1. The largest absolute Gasteiger partial charge is 0.351 e. The van der Waals surface area contributed by atoms with E-state index in [-0.39, 0.29) is 11.9 Å². The maximum atomic E-state index is 11.7. The predicted molar refractivity (Wildman–Crippen MR) is 69.5 cm³/mol. The third-order valence-corrected chi connectivity index (χ3v) is 5.42. The Balaban J connectivity index is 1.52. The van der Waals surface area contributed by atoms with Gasteiger partial charge in [0.05, 0.1) is 18.3 Å². The van der Waals surface area contributed by atoms with Crippen LogP contribution in [0.25, 0.3) is 0 Å². The van der Waals surface area contributed by atoms with Crippen molar-refractivity contribution in [2.75, 3.05) is 6.54 Å². The Kier molecular flexibility index (Phi) is 2.45. The van der Waals surface area contributed by atoms with E-state index in [1.807, 2.05) is 11.3 Å². The van der Waals surface area contributed by atoms with Gasteiger partial charge in [0.1, 0.15) is 5.01 Å². The van der Waals surface area contributed by atoms with E-state index < -0.39 is 0 Å². The van der Waals surface area contributed by atoms with Crippen LogP contribution < -0.4 is 5.32 Å². The van der Waals surface area contributed by atoms with Crippen molar-refractivity contribution in [1.82, 2.24) is 15.2 Å². The van der Waals surface area contributed by atoms with E-state index in [4.69, 9.17) is 4.98 Å². The molecule has 1 N–H and O–H groups in total.